The minimum atomic E-state index is -0.760. The van der Waals surface area contributed by atoms with Gasteiger partial charge >= 0.3 is 11.9 Å². The number of hydrogen-bond donors (Lipinski definition) is 1. The van der Waals surface area contributed by atoms with E-state index in [0.717, 1.165) is 19.3 Å². The Morgan fingerprint density at radius 2 is 2.03 bits per heavy atom. The maximum atomic E-state index is 12.3. The van der Waals surface area contributed by atoms with E-state index in [1.165, 1.54) is 0 Å². The molecule has 0 spiro atoms. The van der Waals surface area contributed by atoms with E-state index < -0.39 is 5.97 Å². The Morgan fingerprint density at radius 3 is 2.72 bits per heavy atom. The summed E-state index contributed by atoms with van der Waals surface area (Å²) in [7, 11) is 1.74. The number of aryl methyl sites for hydroxylation is 2. The maximum absolute atomic E-state index is 12.3. The number of hydrogen-bond acceptors (Lipinski definition) is 7. The average Bonchev–Trinajstić information content (AvgIpc) is 3.36. The number of carboxylic acids is 1. The highest BCUT2D eigenvalue weighted by Crippen LogP contribution is 2.37. The van der Waals surface area contributed by atoms with Gasteiger partial charge < -0.3 is 14.6 Å². The molecule has 2 aromatic rings. The minimum absolute atomic E-state index is 0.0809. The summed E-state index contributed by atoms with van der Waals surface area (Å²) in [6.07, 6.45) is 3.94. The summed E-state index contributed by atoms with van der Waals surface area (Å²) in [4.78, 5) is 28.3. The van der Waals surface area contributed by atoms with Crippen LogP contribution in [0.5, 0.6) is 5.75 Å². The van der Waals surface area contributed by atoms with Gasteiger partial charge in [0.05, 0.1) is 42.1 Å². The van der Waals surface area contributed by atoms with Crippen LogP contribution in [0.4, 0.5) is 0 Å². The fourth-order valence-corrected chi connectivity index (χ4v) is 4.25. The van der Waals surface area contributed by atoms with Crippen molar-refractivity contribution in [3.63, 3.8) is 0 Å². The van der Waals surface area contributed by atoms with E-state index in [0.29, 0.717) is 59.8 Å². The summed E-state index contributed by atoms with van der Waals surface area (Å²) in [6, 6.07) is 3.62. The highest BCUT2D eigenvalue weighted by molar-refractivity contribution is 5.75. The molecule has 2 saturated carbocycles. The Balaban J connectivity index is 1.43. The monoisotopic (exact) mass is 442 g/mol. The summed E-state index contributed by atoms with van der Waals surface area (Å²) >= 11 is 0. The molecular formula is C23H30N4O5. The van der Waals surface area contributed by atoms with Crippen LogP contribution < -0.4 is 4.74 Å². The van der Waals surface area contributed by atoms with Gasteiger partial charge in [-0.2, -0.15) is 0 Å². The number of aliphatic carboxylic acids is 1. The number of carbonyl (C=O) groups excluding carboxylic acids is 1. The van der Waals surface area contributed by atoms with E-state index in [1.807, 2.05) is 13.0 Å². The molecule has 4 rings (SSSR count). The van der Waals surface area contributed by atoms with Crippen molar-refractivity contribution in [3.05, 3.63) is 23.5 Å². The molecule has 1 N–H and O–H groups in total. The van der Waals surface area contributed by atoms with Crippen molar-refractivity contribution in [2.24, 2.45) is 24.8 Å². The van der Waals surface area contributed by atoms with Crippen LogP contribution in [0, 0.1) is 24.7 Å². The van der Waals surface area contributed by atoms with Crippen LogP contribution in [0.15, 0.2) is 12.1 Å². The molecule has 2 fully saturated rings. The first-order valence-corrected chi connectivity index (χ1v) is 11.2. The fraction of sp³-hybridized carbons (Fsp3) is 0.609. The van der Waals surface area contributed by atoms with Crippen molar-refractivity contribution in [1.82, 2.24) is 20.0 Å². The molecule has 9 heteroatoms. The van der Waals surface area contributed by atoms with Crippen molar-refractivity contribution in [2.75, 3.05) is 6.61 Å². The van der Waals surface area contributed by atoms with Crippen molar-refractivity contribution in [3.8, 4) is 17.1 Å². The Kier molecular flexibility index (Phi) is 6.43. The predicted octanol–water partition coefficient (Wildman–Crippen LogP) is 2.95. The molecular weight excluding hydrogens is 412 g/mol. The molecule has 0 bridgehead atoms. The third-order valence-corrected chi connectivity index (χ3v) is 6.54. The first kappa shape index (κ1) is 22.2. The molecule has 32 heavy (non-hydrogen) atoms. The largest absolute Gasteiger partial charge is 0.489 e. The van der Waals surface area contributed by atoms with Crippen molar-refractivity contribution < 1.29 is 24.2 Å². The quantitative estimate of drug-likeness (QED) is 0.620. The van der Waals surface area contributed by atoms with Crippen molar-refractivity contribution >= 4 is 11.9 Å². The van der Waals surface area contributed by atoms with Gasteiger partial charge in [0.1, 0.15) is 11.4 Å². The average molecular weight is 443 g/mol. The number of pyridine rings is 1. The lowest BCUT2D eigenvalue weighted by Crippen LogP contribution is -2.29. The third kappa shape index (κ3) is 5.08. The number of ether oxygens (including phenoxy) is 2. The number of rotatable bonds is 8. The maximum Gasteiger partial charge on any atom is 0.311 e. The normalized spacial score (nSPS) is 24.7. The molecule has 2 unspecified atom stereocenters. The number of aromatic nitrogens is 4. The Bertz CT molecular complexity index is 1000. The zero-order chi connectivity index (χ0) is 22.8. The standard InChI is InChI=1S/C23H30N4O5/c1-13-9-16(13)12-31-21(28)11-19-22(25-26-27(19)3)18-7-8-20(14(2)24-18)32-17-6-4-5-15(10-17)23(29)30/h7-8,13,15-17H,4-6,9-12H2,1-3H3,(H,29,30)/t13?,15-,16?,17-/m0/s1. The van der Waals surface area contributed by atoms with E-state index >= 15 is 0 Å². The number of esters is 1. The zero-order valence-electron chi connectivity index (χ0n) is 18.8. The number of nitrogens with zero attached hydrogens (tertiary/aromatic N) is 4. The molecule has 2 aromatic heterocycles. The molecule has 0 radical (unpaired) electrons. The van der Waals surface area contributed by atoms with Gasteiger partial charge in [-0.15, -0.1) is 5.10 Å². The second-order valence-corrected chi connectivity index (χ2v) is 9.06. The van der Waals surface area contributed by atoms with Gasteiger partial charge in [-0.3, -0.25) is 14.3 Å². The molecule has 172 valence electrons. The smallest absolute Gasteiger partial charge is 0.311 e. The molecule has 4 atom stereocenters. The summed E-state index contributed by atoms with van der Waals surface area (Å²) in [5, 5.41) is 17.6. The van der Waals surface area contributed by atoms with Gasteiger partial charge in [0.25, 0.3) is 0 Å². The van der Waals surface area contributed by atoms with Gasteiger partial charge in [-0.25, -0.2) is 4.98 Å². The van der Waals surface area contributed by atoms with Crippen LogP contribution in [0.3, 0.4) is 0 Å². The molecule has 9 nitrogen and oxygen atoms in total. The van der Waals surface area contributed by atoms with E-state index in [4.69, 9.17) is 9.47 Å². The van der Waals surface area contributed by atoms with Gasteiger partial charge in [-0.1, -0.05) is 12.1 Å². The second kappa shape index (κ2) is 9.26. The Labute approximate surface area is 187 Å². The molecule has 2 heterocycles. The molecule has 0 aromatic carbocycles. The number of carbonyl (C=O) groups is 2. The first-order valence-electron chi connectivity index (χ1n) is 11.2. The lowest BCUT2D eigenvalue weighted by molar-refractivity contribution is -0.144. The highest BCUT2D eigenvalue weighted by atomic mass is 16.5. The molecule has 2 aliphatic rings. The fourth-order valence-electron chi connectivity index (χ4n) is 4.25. The predicted molar refractivity (Wildman–Crippen MR) is 115 cm³/mol. The molecule has 0 aliphatic heterocycles. The second-order valence-electron chi connectivity index (χ2n) is 9.06. The van der Waals surface area contributed by atoms with Crippen molar-refractivity contribution in [2.45, 2.75) is 58.5 Å². The van der Waals surface area contributed by atoms with E-state index in [9.17, 15) is 14.7 Å². The Hall–Kier alpha value is -2.97. The topological polar surface area (TPSA) is 116 Å². The summed E-state index contributed by atoms with van der Waals surface area (Å²) in [5.41, 5.74) is 2.48. The number of carboxylic acid groups (broad SMARTS) is 1. The van der Waals surface area contributed by atoms with E-state index in [2.05, 4.69) is 22.2 Å². The van der Waals surface area contributed by atoms with Crippen molar-refractivity contribution in [1.29, 1.82) is 0 Å². The molecule has 0 amide bonds. The lowest BCUT2D eigenvalue weighted by atomic mass is 9.87. The van der Waals surface area contributed by atoms with Gasteiger partial charge in [0.2, 0.25) is 0 Å². The molecule has 2 aliphatic carbocycles. The third-order valence-electron chi connectivity index (χ3n) is 6.54. The molecule has 0 saturated heterocycles. The SMILES string of the molecule is Cc1nc(-c2nnn(C)c2CC(=O)OCC2CC2C)ccc1O[C@H]1CCC[C@H](C(=O)O)C1. The van der Waals surface area contributed by atoms with Crippen LogP contribution >= 0.6 is 0 Å². The van der Waals surface area contributed by atoms with Gasteiger partial charge in [0, 0.05) is 7.05 Å². The summed E-state index contributed by atoms with van der Waals surface area (Å²) < 4.78 is 13.1. The zero-order valence-corrected chi connectivity index (χ0v) is 18.8. The van der Waals surface area contributed by atoms with Crippen LogP contribution in [-0.4, -0.2) is 49.7 Å². The first-order chi connectivity index (χ1) is 15.3. The van der Waals surface area contributed by atoms with Gasteiger partial charge in [-0.05, 0) is 63.0 Å². The summed E-state index contributed by atoms with van der Waals surface area (Å²) in [5.74, 6) is 0.337. The minimum Gasteiger partial charge on any atom is -0.489 e. The van der Waals surface area contributed by atoms with Crippen LogP contribution in [-0.2, 0) is 27.8 Å². The van der Waals surface area contributed by atoms with E-state index in [1.54, 1.807) is 17.8 Å². The van der Waals surface area contributed by atoms with Crippen LogP contribution in [0.1, 0.15) is 50.4 Å². The highest BCUT2D eigenvalue weighted by Gasteiger charge is 2.34. The summed E-state index contributed by atoms with van der Waals surface area (Å²) in [6.45, 7) is 4.47. The lowest BCUT2D eigenvalue weighted by Gasteiger charge is -2.27. The van der Waals surface area contributed by atoms with E-state index in [-0.39, 0.29) is 24.4 Å². The Morgan fingerprint density at radius 1 is 1.25 bits per heavy atom. The van der Waals surface area contributed by atoms with Crippen LogP contribution in [0.2, 0.25) is 0 Å². The van der Waals surface area contributed by atoms with Crippen LogP contribution in [0.25, 0.3) is 11.4 Å². The van der Waals surface area contributed by atoms with Gasteiger partial charge in [0.15, 0.2) is 0 Å².